The van der Waals surface area contributed by atoms with E-state index in [0.717, 1.165) is 30.4 Å². The molecule has 3 atom stereocenters. The van der Waals surface area contributed by atoms with Crippen LogP contribution in [0, 0.1) is 51.2 Å². The highest BCUT2D eigenvalue weighted by Crippen LogP contribution is 2.55. The van der Waals surface area contributed by atoms with Crippen LogP contribution in [0.3, 0.4) is 0 Å². The zero-order chi connectivity index (χ0) is 18.9. The van der Waals surface area contributed by atoms with Crippen LogP contribution in [0.15, 0.2) is 47.2 Å². The highest BCUT2D eigenvalue weighted by molar-refractivity contribution is 5.58. The van der Waals surface area contributed by atoms with E-state index in [1.54, 1.807) is 0 Å². The maximum atomic E-state index is 9.85. The second kappa shape index (κ2) is 6.70. The van der Waals surface area contributed by atoms with Crippen molar-refractivity contribution in [1.29, 1.82) is 15.8 Å². The lowest BCUT2D eigenvalue weighted by Crippen LogP contribution is -2.41. The van der Waals surface area contributed by atoms with Crippen LogP contribution in [-0.2, 0) is 6.42 Å². The lowest BCUT2D eigenvalue weighted by molar-refractivity contribution is 0.334. The van der Waals surface area contributed by atoms with Crippen molar-refractivity contribution >= 4 is 0 Å². The predicted octanol–water partition coefficient (Wildman–Crippen LogP) is 4.09. The molecular weight excluding hydrogens is 320 g/mol. The number of nitriles is 3. The minimum Gasteiger partial charge on any atom is -0.399 e. The molecule has 4 heteroatoms. The molecule has 0 unspecified atom stereocenters. The van der Waals surface area contributed by atoms with Crippen LogP contribution in [0.2, 0.25) is 0 Å². The second-order valence-electron chi connectivity index (χ2n) is 7.33. The Hall–Kier alpha value is -3.03. The maximum absolute atomic E-state index is 9.85. The molecule has 0 spiro atoms. The Morgan fingerprint density at radius 1 is 1.15 bits per heavy atom. The SMILES string of the molecule is CCc1ccc([C@@H]2C(C#N)=C(N)C(C#N)(C#N)C3=CC[C@H](C)C[C@@H]32)cc1. The molecule has 2 N–H and O–H groups in total. The Morgan fingerprint density at radius 2 is 1.81 bits per heavy atom. The third kappa shape index (κ3) is 2.49. The Morgan fingerprint density at radius 3 is 2.35 bits per heavy atom. The number of nitrogens with two attached hydrogens (primary N) is 1. The number of aryl methyl sites for hydroxylation is 1. The molecule has 0 saturated carbocycles. The van der Waals surface area contributed by atoms with Crippen LogP contribution in [0.5, 0.6) is 0 Å². The van der Waals surface area contributed by atoms with E-state index in [0.29, 0.717) is 11.5 Å². The summed E-state index contributed by atoms with van der Waals surface area (Å²) in [4.78, 5) is 0. The van der Waals surface area contributed by atoms with Gasteiger partial charge in [-0.1, -0.05) is 44.2 Å². The van der Waals surface area contributed by atoms with Gasteiger partial charge < -0.3 is 5.73 Å². The summed E-state index contributed by atoms with van der Waals surface area (Å²) in [5, 5.41) is 29.5. The molecule has 0 amide bonds. The Kier molecular flexibility index (Phi) is 4.58. The first-order chi connectivity index (χ1) is 12.5. The second-order valence-corrected chi connectivity index (χ2v) is 7.33. The molecule has 2 aliphatic carbocycles. The van der Waals surface area contributed by atoms with E-state index in [1.165, 1.54) is 5.56 Å². The number of benzene rings is 1. The van der Waals surface area contributed by atoms with Crippen LogP contribution in [-0.4, -0.2) is 0 Å². The fraction of sp³-hybridized carbons (Fsp3) is 0.409. The first-order valence-electron chi connectivity index (χ1n) is 9.04. The van der Waals surface area contributed by atoms with E-state index in [9.17, 15) is 15.8 Å². The van der Waals surface area contributed by atoms with Crippen molar-refractivity contribution in [3.8, 4) is 18.2 Å². The number of nitrogens with zero attached hydrogens (tertiary/aromatic N) is 3. The lowest BCUT2D eigenvalue weighted by atomic mass is 9.57. The molecule has 1 aromatic rings. The van der Waals surface area contributed by atoms with Crippen molar-refractivity contribution in [3.05, 3.63) is 58.3 Å². The number of allylic oxidation sites excluding steroid dienone is 3. The number of rotatable bonds is 2. The van der Waals surface area contributed by atoms with E-state index in [-0.39, 0.29) is 17.5 Å². The number of hydrogen-bond donors (Lipinski definition) is 1. The first-order valence-corrected chi connectivity index (χ1v) is 9.04. The summed E-state index contributed by atoms with van der Waals surface area (Å²) < 4.78 is 0. The predicted molar refractivity (Wildman–Crippen MR) is 99.0 cm³/mol. The molecule has 26 heavy (non-hydrogen) atoms. The summed E-state index contributed by atoms with van der Waals surface area (Å²) in [5.74, 6) is 0.192. The zero-order valence-electron chi connectivity index (χ0n) is 15.2. The molecule has 3 rings (SSSR count). The smallest absolute Gasteiger partial charge is 0.204 e. The summed E-state index contributed by atoms with van der Waals surface area (Å²) in [6, 6.07) is 14.7. The summed E-state index contributed by atoms with van der Waals surface area (Å²) in [6.45, 7) is 4.27. The third-order valence-electron chi connectivity index (χ3n) is 5.84. The highest BCUT2D eigenvalue weighted by Gasteiger charge is 2.52. The van der Waals surface area contributed by atoms with Crippen LogP contribution in [0.1, 0.15) is 43.7 Å². The number of hydrogen-bond acceptors (Lipinski definition) is 4. The van der Waals surface area contributed by atoms with Gasteiger partial charge in [-0.15, -0.1) is 0 Å². The van der Waals surface area contributed by atoms with E-state index in [1.807, 2.05) is 6.08 Å². The molecule has 0 aromatic heterocycles. The molecule has 4 nitrogen and oxygen atoms in total. The molecule has 0 saturated heterocycles. The molecule has 0 fully saturated rings. The van der Waals surface area contributed by atoms with Gasteiger partial charge in [0, 0.05) is 5.92 Å². The van der Waals surface area contributed by atoms with Gasteiger partial charge in [0.15, 0.2) is 0 Å². The molecule has 0 bridgehead atoms. The van der Waals surface area contributed by atoms with E-state index >= 15 is 0 Å². The van der Waals surface area contributed by atoms with Crippen molar-refractivity contribution in [2.45, 2.75) is 39.0 Å². The van der Waals surface area contributed by atoms with E-state index in [4.69, 9.17) is 5.73 Å². The topological polar surface area (TPSA) is 97.4 Å². The van der Waals surface area contributed by atoms with Crippen molar-refractivity contribution in [3.63, 3.8) is 0 Å². The van der Waals surface area contributed by atoms with Crippen LogP contribution < -0.4 is 5.73 Å². The van der Waals surface area contributed by atoms with Gasteiger partial charge in [0.2, 0.25) is 5.41 Å². The van der Waals surface area contributed by atoms with Gasteiger partial charge in [-0.25, -0.2) is 0 Å². The monoisotopic (exact) mass is 342 g/mol. The molecule has 0 aliphatic heterocycles. The summed E-state index contributed by atoms with van der Waals surface area (Å²) in [7, 11) is 0. The minimum atomic E-state index is -1.52. The number of fused-ring (bicyclic) bond motifs is 1. The Bertz CT molecular complexity index is 885. The summed E-state index contributed by atoms with van der Waals surface area (Å²) >= 11 is 0. The molecule has 1 aromatic carbocycles. The van der Waals surface area contributed by atoms with Crippen LogP contribution in [0.4, 0.5) is 0 Å². The largest absolute Gasteiger partial charge is 0.399 e. The maximum Gasteiger partial charge on any atom is 0.204 e. The van der Waals surface area contributed by atoms with Gasteiger partial charge in [0.1, 0.15) is 0 Å². The average Bonchev–Trinajstić information content (AvgIpc) is 2.68. The molecule has 0 heterocycles. The van der Waals surface area contributed by atoms with Crippen molar-refractivity contribution in [2.75, 3.05) is 0 Å². The van der Waals surface area contributed by atoms with Crippen LogP contribution >= 0.6 is 0 Å². The Balaban J connectivity index is 2.26. The molecule has 2 aliphatic rings. The van der Waals surface area contributed by atoms with E-state index < -0.39 is 5.41 Å². The normalized spacial score (nSPS) is 26.7. The summed E-state index contributed by atoms with van der Waals surface area (Å²) in [6.07, 6.45) is 4.63. The third-order valence-corrected chi connectivity index (χ3v) is 5.84. The van der Waals surface area contributed by atoms with Crippen molar-refractivity contribution in [1.82, 2.24) is 0 Å². The van der Waals surface area contributed by atoms with Crippen molar-refractivity contribution < 1.29 is 0 Å². The minimum absolute atomic E-state index is 0.0486. The fourth-order valence-corrected chi connectivity index (χ4v) is 4.37. The Labute approximate surface area is 154 Å². The average molecular weight is 342 g/mol. The standard InChI is InChI=1S/C22H22N4/c1-3-15-5-7-16(8-6-15)20-17-10-14(2)4-9-19(17)22(12-24,13-25)21(26)18(20)11-23/h5-9,14,17,20H,3-4,10,26H2,1-2H3/t14-,17-,20-/m0/s1. The van der Waals surface area contributed by atoms with Gasteiger partial charge in [-0.2, -0.15) is 15.8 Å². The van der Waals surface area contributed by atoms with Crippen LogP contribution in [0.25, 0.3) is 0 Å². The first kappa shape index (κ1) is 17.8. The quantitative estimate of drug-likeness (QED) is 0.818. The van der Waals surface area contributed by atoms with E-state index in [2.05, 4.69) is 56.3 Å². The molecule has 130 valence electrons. The van der Waals surface area contributed by atoms with Crippen molar-refractivity contribution in [2.24, 2.45) is 23.0 Å². The van der Waals surface area contributed by atoms with Gasteiger partial charge in [0.05, 0.1) is 29.5 Å². The fourth-order valence-electron chi connectivity index (χ4n) is 4.37. The highest BCUT2D eigenvalue weighted by atomic mass is 14.7. The van der Waals surface area contributed by atoms with Gasteiger partial charge in [0.25, 0.3) is 0 Å². The van der Waals surface area contributed by atoms with Gasteiger partial charge in [-0.3, -0.25) is 0 Å². The zero-order valence-corrected chi connectivity index (χ0v) is 15.2. The van der Waals surface area contributed by atoms with Gasteiger partial charge >= 0.3 is 0 Å². The summed E-state index contributed by atoms with van der Waals surface area (Å²) in [5.41, 5.74) is 8.28. The lowest BCUT2D eigenvalue weighted by Gasteiger charge is -2.43. The molecule has 0 radical (unpaired) electrons. The molecular formula is C22H22N4. The van der Waals surface area contributed by atoms with Gasteiger partial charge in [-0.05, 0) is 47.8 Å².